The zero-order valence-corrected chi connectivity index (χ0v) is 23.7. The molecule has 212 valence electrons. The van der Waals surface area contributed by atoms with Crippen molar-refractivity contribution >= 4 is 22.0 Å². The fraction of sp³-hybridized carbons (Fsp3) is 0.533. The van der Waals surface area contributed by atoms with Crippen molar-refractivity contribution in [2.24, 2.45) is 0 Å². The highest BCUT2D eigenvalue weighted by Crippen LogP contribution is 2.30. The molecule has 0 aromatic heterocycles. The van der Waals surface area contributed by atoms with Crippen LogP contribution in [0, 0.1) is 0 Å². The first kappa shape index (κ1) is 33.5. The molecule has 8 heteroatoms. The normalized spacial score (nSPS) is 10.9. The molecule has 0 unspecified atom stereocenters. The van der Waals surface area contributed by atoms with E-state index in [0.717, 1.165) is 25.7 Å². The average molecular weight is 549 g/mol. The van der Waals surface area contributed by atoms with Crippen molar-refractivity contribution in [2.45, 2.75) is 104 Å². The summed E-state index contributed by atoms with van der Waals surface area (Å²) in [5.41, 5.74) is 1.20. The maximum absolute atomic E-state index is 12.9. The van der Waals surface area contributed by atoms with Crippen LogP contribution in [0.25, 0.3) is 0 Å². The lowest BCUT2D eigenvalue weighted by atomic mass is 10.0. The molecule has 0 heterocycles. The molecule has 0 aliphatic rings. The molecule has 0 fully saturated rings. The van der Waals surface area contributed by atoms with Crippen LogP contribution in [0.1, 0.15) is 124 Å². The van der Waals surface area contributed by atoms with Gasteiger partial charge in [0.2, 0.25) is 0 Å². The molecule has 2 N–H and O–H groups in total. The first-order valence-corrected chi connectivity index (χ1v) is 15.2. The summed E-state index contributed by atoms with van der Waals surface area (Å²) in [6, 6.07) is 14.8. The molecule has 0 saturated carbocycles. The van der Waals surface area contributed by atoms with Crippen LogP contribution >= 0.6 is 0 Å². The van der Waals surface area contributed by atoms with E-state index in [0.29, 0.717) is 35.5 Å². The minimum absolute atomic E-state index is 0.108. The molecule has 0 amide bonds. The van der Waals surface area contributed by atoms with Gasteiger partial charge >= 0.3 is 10.4 Å². The van der Waals surface area contributed by atoms with Crippen molar-refractivity contribution in [1.29, 1.82) is 0 Å². The van der Waals surface area contributed by atoms with Crippen LogP contribution in [0.4, 0.5) is 0 Å². The summed E-state index contributed by atoms with van der Waals surface area (Å²) in [6.45, 7) is 4.42. The summed E-state index contributed by atoms with van der Waals surface area (Å²) in [5.74, 6) is 1.29. The minimum Gasteiger partial charge on any atom is -0.456 e. The first-order valence-electron chi connectivity index (χ1n) is 13.8. The zero-order chi connectivity index (χ0) is 28.2. The van der Waals surface area contributed by atoms with Crippen LogP contribution in [0.15, 0.2) is 48.5 Å². The van der Waals surface area contributed by atoms with Crippen LogP contribution in [0.5, 0.6) is 11.5 Å². The number of Topliss-reactive ketones (excluding diaryl/α,β-unsaturated/α-hetero) is 2. The number of carbonyl (C=O) groups excluding carboxylic acids is 2. The second-order valence-corrected chi connectivity index (χ2v) is 10.3. The van der Waals surface area contributed by atoms with Gasteiger partial charge in [0.1, 0.15) is 11.5 Å². The molecular formula is C30H44O7S. The van der Waals surface area contributed by atoms with Gasteiger partial charge in [0.15, 0.2) is 11.6 Å². The second kappa shape index (κ2) is 19.5. The van der Waals surface area contributed by atoms with Gasteiger partial charge in [-0.05, 0) is 37.1 Å². The number of unbranched alkanes of at least 4 members (excludes halogenated alkanes) is 10. The van der Waals surface area contributed by atoms with Crippen molar-refractivity contribution in [1.82, 2.24) is 0 Å². The maximum atomic E-state index is 12.9. The van der Waals surface area contributed by atoms with E-state index in [9.17, 15) is 9.59 Å². The Balaban J connectivity index is 0.00000132. The third kappa shape index (κ3) is 15.6. The van der Waals surface area contributed by atoms with E-state index < -0.39 is 10.4 Å². The number of para-hydroxylation sites is 2. The molecule has 0 aliphatic carbocycles. The third-order valence-electron chi connectivity index (χ3n) is 6.11. The largest absolute Gasteiger partial charge is 0.456 e. The van der Waals surface area contributed by atoms with Crippen molar-refractivity contribution < 1.29 is 31.8 Å². The SMILES string of the molecule is CCCCCCCCC(=O)c1ccccc1Oc1ccccc1C(=O)CCCCCCCC.O=S(=O)(O)O. The van der Waals surface area contributed by atoms with Gasteiger partial charge in [-0.2, -0.15) is 8.42 Å². The number of hydrogen-bond donors (Lipinski definition) is 2. The summed E-state index contributed by atoms with van der Waals surface area (Å²) in [7, 11) is -4.67. The Labute approximate surface area is 228 Å². The third-order valence-corrected chi connectivity index (χ3v) is 6.11. The first-order chi connectivity index (χ1) is 18.2. The number of ketones is 2. The van der Waals surface area contributed by atoms with Crippen molar-refractivity contribution in [2.75, 3.05) is 0 Å². The zero-order valence-electron chi connectivity index (χ0n) is 22.9. The van der Waals surface area contributed by atoms with E-state index in [2.05, 4.69) is 13.8 Å². The predicted molar refractivity (Wildman–Crippen MR) is 152 cm³/mol. The average Bonchev–Trinajstić information content (AvgIpc) is 2.87. The molecule has 2 rings (SSSR count). The lowest BCUT2D eigenvalue weighted by Gasteiger charge is -2.13. The Kier molecular flexibility index (Phi) is 17.2. The van der Waals surface area contributed by atoms with Gasteiger partial charge in [-0.1, -0.05) is 102 Å². The van der Waals surface area contributed by atoms with E-state index >= 15 is 0 Å². The minimum atomic E-state index is -4.67. The molecule has 0 aliphatic heterocycles. The number of hydrogen-bond acceptors (Lipinski definition) is 5. The van der Waals surface area contributed by atoms with E-state index in [1.54, 1.807) is 0 Å². The second-order valence-electron chi connectivity index (χ2n) is 9.42. The summed E-state index contributed by atoms with van der Waals surface area (Å²) in [6.07, 6.45) is 14.9. The van der Waals surface area contributed by atoms with Crippen molar-refractivity contribution in [3.63, 3.8) is 0 Å². The van der Waals surface area contributed by atoms with Crippen molar-refractivity contribution in [3.05, 3.63) is 59.7 Å². The quantitative estimate of drug-likeness (QED) is 0.109. The van der Waals surface area contributed by atoms with Gasteiger partial charge in [-0.15, -0.1) is 0 Å². The lowest BCUT2D eigenvalue weighted by molar-refractivity contribution is 0.0972. The highest BCUT2D eigenvalue weighted by molar-refractivity contribution is 7.79. The summed E-state index contributed by atoms with van der Waals surface area (Å²) >= 11 is 0. The molecule has 0 bridgehead atoms. The fourth-order valence-corrected chi connectivity index (χ4v) is 4.09. The highest BCUT2D eigenvalue weighted by atomic mass is 32.3. The maximum Gasteiger partial charge on any atom is 0.394 e. The molecule has 0 atom stereocenters. The Morgan fingerprint density at radius 2 is 0.921 bits per heavy atom. The van der Waals surface area contributed by atoms with Gasteiger partial charge in [0.25, 0.3) is 0 Å². The van der Waals surface area contributed by atoms with E-state index in [1.807, 2.05) is 48.5 Å². The standard InChI is InChI=1S/C30H42O3.H2O4S/c1-3-5-7-9-11-13-21-27(31)25-19-15-17-23-29(25)33-30-24-18-16-20-26(30)28(32)22-14-12-10-8-6-4-2;1-5(2,3)4/h15-20,23-24H,3-14,21-22H2,1-2H3;(H2,1,2,3,4). The van der Waals surface area contributed by atoms with Crippen molar-refractivity contribution in [3.8, 4) is 11.5 Å². The molecule has 2 aromatic carbocycles. The topological polar surface area (TPSA) is 118 Å². The Bertz CT molecular complexity index is 986. The summed E-state index contributed by atoms with van der Waals surface area (Å²) in [4.78, 5) is 25.7. The van der Waals surface area contributed by atoms with E-state index in [-0.39, 0.29) is 11.6 Å². The van der Waals surface area contributed by atoms with Gasteiger partial charge < -0.3 is 4.74 Å². The Morgan fingerprint density at radius 1 is 0.605 bits per heavy atom. The highest BCUT2D eigenvalue weighted by Gasteiger charge is 2.16. The smallest absolute Gasteiger partial charge is 0.394 e. The summed E-state index contributed by atoms with van der Waals surface area (Å²) in [5, 5.41) is 0. The molecule has 0 radical (unpaired) electrons. The van der Waals surface area contributed by atoms with Crippen LogP contribution in [0.2, 0.25) is 0 Å². The van der Waals surface area contributed by atoms with Gasteiger partial charge in [-0.25, -0.2) is 0 Å². The molecule has 7 nitrogen and oxygen atoms in total. The van der Waals surface area contributed by atoms with Gasteiger partial charge in [0, 0.05) is 12.8 Å². The fourth-order valence-electron chi connectivity index (χ4n) is 4.09. The van der Waals surface area contributed by atoms with Crippen LogP contribution < -0.4 is 4.74 Å². The van der Waals surface area contributed by atoms with E-state index in [4.69, 9.17) is 22.3 Å². The Morgan fingerprint density at radius 3 is 1.29 bits per heavy atom. The predicted octanol–water partition coefficient (Wildman–Crippen LogP) is 8.69. The van der Waals surface area contributed by atoms with Crippen LogP contribution in [-0.2, 0) is 10.4 Å². The summed E-state index contributed by atoms with van der Waals surface area (Å²) < 4.78 is 37.7. The molecule has 2 aromatic rings. The van der Waals surface area contributed by atoms with E-state index in [1.165, 1.54) is 51.4 Å². The number of rotatable bonds is 18. The van der Waals surface area contributed by atoms with Gasteiger partial charge in [0.05, 0.1) is 11.1 Å². The van der Waals surface area contributed by atoms with Gasteiger partial charge in [-0.3, -0.25) is 18.7 Å². The van der Waals surface area contributed by atoms with Crippen LogP contribution in [0.3, 0.4) is 0 Å². The molecular weight excluding hydrogens is 504 g/mol. The van der Waals surface area contributed by atoms with Crippen LogP contribution in [-0.4, -0.2) is 29.1 Å². The molecule has 0 saturated heterocycles. The number of benzene rings is 2. The number of carbonyl (C=O) groups is 2. The number of ether oxygens (including phenoxy) is 1. The monoisotopic (exact) mass is 548 g/mol. The Hall–Kier alpha value is -2.55. The molecule has 38 heavy (non-hydrogen) atoms. The molecule has 0 spiro atoms. The lowest BCUT2D eigenvalue weighted by Crippen LogP contribution is -2.05.